The molecule has 6 nitrogen and oxygen atoms in total. The van der Waals surface area contributed by atoms with Crippen molar-refractivity contribution in [3.05, 3.63) is 71.4 Å². The van der Waals surface area contributed by atoms with Crippen LogP contribution < -0.4 is 14.8 Å². The highest BCUT2D eigenvalue weighted by molar-refractivity contribution is 5.94. The number of benzene rings is 2. The Labute approximate surface area is 157 Å². The fraction of sp³-hybridized carbons (Fsp3) is 0.238. The highest BCUT2D eigenvalue weighted by Gasteiger charge is 2.29. The molecule has 1 amide bonds. The van der Waals surface area contributed by atoms with Crippen LogP contribution in [0.4, 0.5) is 5.82 Å². The number of methoxy groups -OCH3 is 1. The quantitative estimate of drug-likeness (QED) is 0.754. The van der Waals surface area contributed by atoms with Crippen LogP contribution in [0.15, 0.2) is 54.7 Å². The number of rotatable bonds is 5. The lowest BCUT2D eigenvalue weighted by atomic mass is 9.87. The average Bonchev–Trinajstić information content (AvgIpc) is 3.07. The molecule has 6 heteroatoms. The number of amides is 1. The summed E-state index contributed by atoms with van der Waals surface area (Å²) in [6, 6.07) is 15.8. The van der Waals surface area contributed by atoms with Crippen LogP contribution in [0.5, 0.6) is 11.5 Å². The first-order valence-electron chi connectivity index (χ1n) is 8.82. The van der Waals surface area contributed by atoms with Gasteiger partial charge < -0.3 is 14.8 Å². The van der Waals surface area contributed by atoms with Crippen molar-refractivity contribution < 1.29 is 14.3 Å². The van der Waals surface area contributed by atoms with Crippen LogP contribution >= 0.6 is 0 Å². The third-order valence-electron chi connectivity index (χ3n) is 4.82. The normalized spacial score (nSPS) is 15.8. The smallest absolute Gasteiger partial charge is 0.226 e. The van der Waals surface area contributed by atoms with Gasteiger partial charge in [-0.05, 0) is 23.3 Å². The highest BCUT2D eigenvalue weighted by atomic mass is 16.5. The molecule has 1 N–H and O–H groups in total. The molecule has 0 saturated heterocycles. The summed E-state index contributed by atoms with van der Waals surface area (Å²) in [7, 11) is 3.45. The number of carbonyl (C=O) groups is 1. The second-order valence-corrected chi connectivity index (χ2v) is 6.56. The predicted octanol–water partition coefficient (Wildman–Crippen LogP) is 3.48. The van der Waals surface area contributed by atoms with Gasteiger partial charge in [-0.3, -0.25) is 9.48 Å². The van der Waals surface area contributed by atoms with Gasteiger partial charge in [0, 0.05) is 24.9 Å². The van der Waals surface area contributed by atoms with Gasteiger partial charge in [0.05, 0.1) is 13.3 Å². The fourth-order valence-electron chi connectivity index (χ4n) is 3.40. The summed E-state index contributed by atoms with van der Waals surface area (Å²) in [6.45, 7) is 0.448. The zero-order chi connectivity index (χ0) is 18.8. The van der Waals surface area contributed by atoms with Gasteiger partial charge >= 0.3 is 0 Å². The minimum absolute atomic E-state index is 0.0151. The molecule has 0 saturated carbocycles. The van der Waals surface area contributed by atoms with Crippen molar-refractivity contribution in [1.29, 1.82) is 0 Å². The summed E-state index contributed by atoms with van der Waals surface area (Å²) >= 11 is 0. The Kier molecular flexibility index (Phi) is 4.54. The molecule has 1 aromatic heterocycles. The third-order valence-corrected chi connectivity index (χ3v) is 4.82. The lowest BCUT2D eigenvalue weighted by Crippen LogP contribution is -2.24. The highest BCUT2D eigenvalue weighted by Crippen LogP contribution is 2.40. The number of hydrogen-bond donors (Lipinski definition) is 1. The monoisotopic (exact) mass is 363 g/mol. The summed E-state index contributed by atoms with van der Waals surface area (Å²) in [5, 5.41) is 7.18. The van der Waals surface area contributed by atoms with Crippen LogP contribution in [0.2, 0.25) is 0 Å². The molecular formula is C21H21N3O3. The number of aromatic nitrogens is 2. The first-order chi connectivity index (χ1) is 13.2. The van der Waals surface area contributed by atoms with E-state index in [0.717, 1.165) is 22.5 Å². The molecule has 4 rings (SSSR count). The predicted molar refractivity (Wildman–Crippen MR) is 102 cm³/mol. The summed E-state index contributed by atoms with van der Waals surface area (Å²) in [4.78, 5) is 12.2. The Morgan fingerprint density at radius 2 is 2.00 bits per heavy atom. The molecular weight excluding hydrogens is 342 g/mol. The van der Waals surface area contributed by atoms with E-state index in [0.29, 0.717) is 24.5 Å². The summed E-state index contributed by atoms with van der Waals surface area (Å²) in [5.74, 6) is 2.00. The lowest BCUT2D eigenvalue weighted by molar-refractivity contribution is -0.116. The van der Waals surface area contributed by atoms with Crippen molar-refractivity contribution in [2.75, 3.05) is 12.4 Å². The summed E-state index contributed by atoms with van der Waals surface area (Å²) in [6.07, 6.45) is 2.19. The summed E-state index contributed by atoms with van der Waals surface area (Å²) < 4.78 is 13.2. The van der Waals surface area contributed by atoms with E-state index < -0.39 is 0 Å². The van der Waals surface area contributed by atoms with E-state index in [4.69, 9.17) is 9.47 Å². The van der Waals surface area contributed by atoms with Crippen molar-refractivity contribution in [2.45, 2.75) is 18.9 Å². The van der Waals surface area contributed by atoms with Crippen molar-refractivity contribution in [2.24, 2.45) is 7.05 Å². The number of nitrogens with zero attached hydrogens (tertiary/aromatic N) is 2. The van der Waals surface area contributed by atoms with E-state index in [1.54, 1.807) is 11.8 Å². The number of aryl methyl sites for hydroxylation is 1. The SMILES string of the molecule is COc1ccc([C@@H]2CC(=O)Nc3c2cnn3C)cc1OCc1ccccc1. The van der Waals surface area contributed by atoms with E-state index in [1.807, 2.05) is 61.8 Å². The second-order valence-electron chi connectivity index (χ2n) is 6.56. The molecule has 138 valence electrons. The minimum atomic E-state index is -0.0626. The van der Waals surface area contributed by atoms with Crippen LogP contribution in [-0.2, 0) is 18.4 Å². The molecule has 1 aliphatic rings. The molecule has 1 atom stereocenters. The Hall–Kier alpha value is -3.28. The van der Waals surface area contributed by atoms with Gasteiger partial charge in [0.2, 0.25) is 5.91 Å². The van der Waals surface area contributed by atoms with Crippen LogP contribution in [0.3, 0.4) is 0 Å². The Morgan fingerprint density at radius 1 is 1.19 bits per heavy atom. The minimum Gasteiger partial charge on any atom is -0.493 e. The largest absolute Gasteiger partial charge is 0.493 e. The van der Waals surface area contributed by atoms with Crippen molar-refractivity contribution in [3.8, 4) is 11.5 Å². The number of ether oxygens (including phenoxy) is 2. The first kappa shape index (κ1) is 17.1. The Balaban J connectivity index is 1.65. The standard InChI is InChI=1S/C21H21N3O3/c1-24-21-17(12-22-24)16(11-20(25)23-21)15-8-9-18(26-2)19(10-15)27-13-14-6-4-3-5-7-14/h3-10,12,16H,11,13H2,1-2H3,(H,23,25)/t16-/m0/s1. The molecule has 27 heavy (non-hydrogen) atoms. The van der Waals surface area contributed by atoms with Gasteiger partial charge in [0.25, 0.3) is 0 Å². The van der Waals surface area contributed by atoms with Gasteiger partial charge in [-0.2, -0.15) is 5.10 Å². The number of fused-ring (bicyclic) bond motifs is 1. The van der Waals surface area contributed by atoms with E-state index in [-0.39, 0.29) is 11.8 Å². The van der Waals surface area contributed by atoms with Gasteiger partial charge in [-0.15, -0.1) is 0 Å². The van der Waals surface area contributed by atoms with E-state index >= 15 is 0 Å². The molecule has 2 heterocycles. The number of anilines is 1. The van der Waals surface area contributed by atoms with E-state index in [1.165, 1.54) is 0 Å². The lowest BCUT2D eigenvalue weighted by Gasteiger charge is -2.24. The van der Waals surface area contributed by atoms with Crippen molar-refractivity contribution in [3.63, 3.8) is 0 Å². The molecule has 0 spiro atoms. The van der Waals surface area contributed by atoms with Crippen LogP contribution in [0.1, 0.15) is 29.0 Å². The maximum absolute atomic E-state index is 12.2. The molecule has 0 aliphatic carbocycles. The molecule has 0 fully saturated rings. The van der Waals surface area contributed by atoms with Crippen molar-refractivity contribution >= 4 is 11.7 Å². The van der Waals surface area contributed by atoms with Gasteiger partial charge in [-0.1, -0.05) is 36.4 Å². The maximum atomic E-state index is 12.2. The van der Waals surface area contributed by atoms with Gasteiger partial charge in [0.1, 0.15) is 12.4 Å². The Bertz CT molecular complexity index is 966. The van der Waals surface area contributed by atoms with Gasteiger partial charge in [0.15, 0.2) is 11.5 Å². The van der Waals surface area contributed by atoms with Crippen LogP contribution in [0.25, 0.3) is 0 Å². The van der Waals surface area contributed by atoms with E-state index in [2.05, 4.69) is 10.4 Å². The maximum Gasteiger partial charge on any atom is 0.226 e. The fourth-order valence-corrected chi connectivity index (χ4v) is 3.40. The second kappa shape index (κ2) is 7.15. The first-order valence-corrected chi connectivity index (χ1v) is 8.82. The molecule has 0 radical (unpaired) electrons. The zero-order valence-electron chi connectivity index (χ0n) is 15.3. The van der Waals surface area contributed by atoms with Crippen LogP contribution in [0, 0.1) is 0 Å². The van der Waals surface area contributed by atoms with Crippen molar-refractivity contribution in [1.82, 2.24) is 9.78 Å². The number of carbonyl (C=O) groups excluding carboxylic acids is 1. The molecule has 0 unspecified atom stereocenters. The van der Waals surface area contributed by atoms with E-state index in [9.17, 15) is 4.79 Å². The molecule has 3 aromatic rings. The number of hydrogen-bond acceptors (Lipinski definition) is 4. The molecule has 1 aliphatic heterocycles. The topological polar surface area (TPSA) is 65.4 Å². The molecule has 2 aromatic carbocycles. The Morgan fingerprint density at radius 3 is 2.78 bits per heavy atom. The van der Waals surface area contributed by atoms with Crippen LogP contribution in [-0.4, -0.2) is 22.8 Å². The number of nitrogens with one attached hydrogen (secondary N) is 1. The molecule has 0 bridgehead atoms. The van der Waals surface area contributed by atoms with Gasteiger partial charge in [-0.25, -0.2) is 0 Å². The summed E-state index contributed by atoms with van der Waals surface area (Å²) in [5.41, 5.74) is 3.09. The zero-order valence-corrected chi connectivity index (χ0v) is 15.3. The third kappa shape index (κ3) is 3.38. The average molecular weight is 363 g/mol.